The second kappa shape index (κ2) is 16.1. The first-order valence-electron chi connectivity index (χ1n) is 26.0. The Morgan fingerprint density at radius 2 is 0.760 bits per heavy atom. The van der Waals surface area contributed by atoms with E-state index >= 15 is 0 Å². The van der Waals surface area contributed by atoms with Crippen molar-refractivity contribution in [2.24, 2.45) is 0 Å². The molecule has 0 amide bonds. The predicted octanol–water partition coefficient (Wildman–Crippen LogP) is 19.9. The van der Waals surface area contributed by atoms with Crippen molar-refractivity contribution in [1.82, 2.24) is 0 Å². The van der Waals surface area contributed by atoms with Gasteiger partial charge in [-0.25, -0.2) is 0 Å². The van der Waals surface area contributed by atoms with Gasteiger partial charge in [0.25, 0.3) is 0 Å². The number of nitrogens with zero attached hydrogens (tertiary/aromatic N) is 1. The minimum atomic E-state index is -0.461. The van der Waals surface area contributed by atoms with E-state index in [1.54, 1.807) is 0 Å². The average Bonchev–Trinajstić information content (AvgIpc) is 4.34. The lowest BCUT2D eigenvalue weighted by Gasteiger charge is -2.30. The molecule has 16 rings (SSSR count). The van der Waals surface area contributed by atoms with Crippen LogP contribution >= 0.6 is 0 Å². The fourth-order valence-corrected chi connectivity index (χ4v) is 13.3. The van der Waals surface area contributed by atoms with E-state index in [1.165, 1.54) is 93.9 Å². The minimum absolute atomic E-state index is 0.461. The van der Waals surface area contributed by atoms with Gasteiger partial charge in [0.2, 0.25) is 0 Å². The molecule has 1 heterocycles. The topological polar surface area (TPSA) is 16.4 Å². The van der Waals surface area contributed by atoms with Crippen LogP contribution in [0.3, 0.4) is 0 Å². The Hall–Kier alpha value is -9.76. The van der Waals surface area contributed by atoms with E-state index in [0.29, 0.717) is 0 Å². The number of furan rings is 1. The van der Waals surface area contributed by atoms with Crippen molar-refractivity contribution in [3.8, 4) is 55.6 Å². The molecular weight excluding hydrogens is 907 g/mol. The molecule has 0 bridgehead atoms. The second-order valence-electron chi connectivity index (χ2n) is 20.2. The molecule has 0 saturated heterocycles. The van der Waals surface area contributed by atoms with Crippen LogP contribution in [0.25, 0.3) is 110 Å². The highest BCUT2D eigenvalue weighted by Gasteiger charge is 2.52. The molecule has 2 nitrogen and oxygen atoms in total. The van der Waals surface area contributed by atoms with Crippen LogP contribution in [-0.2, 0) is 5.41 Å². The smallest absolute Gasteiger partial charge is 0.143 e. The molecule has 14 aromatic rings. The Morgan fingerprint density at radius 1 is 0.293 bits per heavy atom. The van der Waals surface area contributed by atoms with Gasteiger partial charge in [0.15, 0.2) is 0 Å². The Kier molecular flexibility index (Phi) is 8.99. The molecular formula is C73H45NO. The molecule has 1 unspecified atom stereocenters. The third-order valence-corrected chi connectivity index (χ3v) is 16.4. The van der Waals surface area contributed by atoms with Crippen molar-refractivity contribution >= 4 is 71.3 Å². The van der Waals surface area contributed by atoms with Crippen LogP contribution in [0.5, 0.6) is 0 Å². The lowest BCUT2D eigenvalue weighted by atomic mass is 9.70. The van der Waals surface area contributed by atoms with Gasteiger partial charge in [-0.2, -0.15) is 0 Å². The highest BCUT2D eigenvalue weighted by molar-refractivity contribution is 6.23. The summed E-state index contributed by atoms with van der Waals surface area (Å²) in [5.41, 5.74) is 22.4. The maximum atomic E-state index is 6.99. The fourth-order valence-electron chi connectivity index (χ4n) is 13.3. The molecule has 348 valence electrons. The Labute approximate surface area is 434 Å². The molecule has 2 aliphatic carbocycles. The Bertz CT molecular complexity index is 4580. The number of hydrogen-bond donors (Lipinski definition) is 0. The first kappa shape index (κ1) is 41.8. The highest BCUT2D eigenvalue weighted by atomic mass is 16.3. The molecule has 75 heavy (non-hydrogen) atoms. The van der Waals surface area contributed by atoms with Crippen molar-refractivity contribution in [3.63, 3.8) is 0 Å². The Morgan fingerprint density at radius 3 is 1.37 bits per heavy atom. The number of anilines is 3. The third kappa shape index (κ3) is 6.02. The van der Waals surface area contributed by atoms with Gasteiger partial charge < -0.3 is 9.32 Å². The van der Waals surface area contributed by atoms with Gasteiger partial charge in [0, 0.05) is 22.1 Å². The van der Waals surface area contributed by atoms with Crippen LogP contribution in [0.1, 0.15) is 22.3 Å². The van der Waals surface area contributed by atoms with E-state index in [0.717, 1.165) is 55.3 Å². The lowest BCUT2D eigenvalue weighted by Crippen LogP contribution is -2.25. The van der Waals surface area contributed by atoms with Crippen molar-refractivity contribution in [2.45, 2.75) is 5.41 Å². The van der Waals surface area contributed by atoms with E-state index in [1.807, 2.05) is 0 Å². The third-order valence-electron chi connectivity index (χ3n) is 16.4. The molecule has 0 fully saturated rings. The van der Waals surface area contributed by atoms with Gasteiger partial charge in [-0.15, -0.1) is 0 Å². The molecule has 1 atom stereocenters. The van der Waals surface area contributed by atoms with Crippen LogP contribution in [0.4, 0.5) is 17.1 Å². The van der Waals surface area contributed by atoms with Crippen molar-refractivity contribution in [1.29, 1.82) is 0 Å². The average molecular weight is 952 g/mol. The van der Waals surface area contributed by atoms with Crippen LogP contribution in [0, 0.1) is 0 Å². The van der Waals surface area contributed by atoms with Crippen molar-refractivity contribution in [3.05, 3.63) is 295 Å². The van der Waals surface area contributed by atoms with E-state index in [-0.39, 0.29) is 0 Å². The van der Waals surface area contributed by atoms with Crippen LogP contribution in [0.15, 0.2) is 277 Å². The molecule has 1 aromatic heterocycles. The van der Waals surface area contributed by atoms with Gasteiger partial charge in [0.1, 0.15) is 11.2 Å². The first-order valence-corrected chi connectivity index (χ1v) is 26.0. The van der Waals surface area contributed by atoms with Gasteiger partial charge in [-0.1, -0.05) is 231 Å². The van der Waals surface area contributed by atoms with Crippen molar-refractivity contribution in [2.75, 3.05) is 4.90 Å². The van der Waals surface area contributed by atoms with Crippen LogP contribution in [0.2, 0.25) is 0 Å². The monoisotopic (exact) mass is 951 g/mol. The number of fused-ring (bicyclic) bond motifs is 17. The summed E-state index contributed by atoms with van der Waals surface area (Å²) in [6.45, 7) is 0. The predicted molar refractivity (Wildman–Crippen MR) is 314 cm³/mol. The number of rotatable bonds is 6. The summed E-state index contributed by atoms with van der Waals surface area (Å²) in [5, 5.41) is 9.22. The number of benzene rings is 13. The summed E-state index contributed by atoms with van der Waals surface area (Å²) in [6.07, 6.45) is 0. The standard InChI is InChI=1S/C73H45NO/c1-2-19-48(20-3-1)55-27-14-31-65-69(55)59-25-10-12-29-63(59)73(65)64-30-13-11-26-60(64)70-56(28-15-32-66(70)73)49-35-37-50(38-36-49)61-45-62-71-67(33-16-34-68(71)75-72(62)58-24-9-8-23-57(58)61)74(53-41-39-46-17-4-6-21-51(46)43-53)54-42-40-47-18-5-7-22-52(47)44-54/h1-45H. The largest absolute Gasteiger partial charge is 0.455 e. The van der Waals surface area contributed by atoms with Crippen LogP contribution in [-0.4, -0.2) is 0 Å². The summed E-state index contributed by atoms with van der Waals surface area (Å²) in [5.74, 6) is 0. The maximum Gasteiger partial charge on any atom is 0.143 e. The summed E-state index contributed by atoms with van der Waals surface area (Å²) in [6, 6.07) is 101. The minimum Gasteiger partial charge on any atom is -0.455 e. The molecule has 1 spiro atoms. The fraction of sp³-hybridized carbons (Fsp3) is 0.0137. The summed E-state index contributed by atoms with van der Waals surface area (Å²) in [4.78, 5) is 2.41. The molecule has 0 N–H and O–H groups in total. The molecule has 0 radical (unpaired) electrons. The SMILES string of the molecule is c1ccc(-c2cccc3c2-c2ccccc2C32c3ccccc3-c3c(-c4ccc(-c5cc6c(oc7cccc(N(c8ccc9ccccc9c8)c8ccc9ccccc9c8)c76)c6ccccc56)cc4)cccc32)cc1. The van der Waals surface area contributed by atoms with E-state index < -0.39 is 5.41 Å². The van der Waals surface area contributed by atoms with E-state index in [4.69, 9.17) is 4.42 Å². The molecule has 0 aliphatic heterocycles. The summed E-state index contributed by atoms with van der Waals surface area (Å²) < 4.78 is 6.99. The zero-order valence-electron chi connectivity index (χ0n) is 40.8. The molecule has 13 aromatic carbocycles. The molecule has 0 saturated carbocycles. The normalized spacial score (nSPS) is 14.2. The quantitative estimate of drug-likeness (QED) is 0.165. The summed E-state index contributed by atoms with van der Waals surface area (Å²) >= 11 is 0. The maximum absolute atomic E-state index is 6.99. The van der Waals surface area contributed by atoms with Gasteiger partial charge in [-0.05, 0) is 147 Å². The number of hydrogen-bond acceptors (Lipinski definition) is 2. The van der Waals surface area contributed by atoms with Crippen LogP contribution < -0.4 is 4.90 Å². The lowest BCUT2D eigenvalue weighted by molar-refractivity contribution is 0.672. The second-order valence-corrected chi connectivity index (χ2v) is 20.2. The van der Waals surface area contributed by atoms with Gasteiger partial charge >= 0.3 is 0 Å². The Balaban J connectivity index is 0.869. The zero-order valence-corrected chi connectivity index (χ0v) is 40.8. The van der Waals surface area contributed by atoms with E-state index in [9.17, 15) is 0 Å². The first-order chi connectivity index (χ1) is 37.2. The van der Waals surface area contributed by atoms with E-state index in [2.05, 4.69) is 278 Å². The highest BCUT2D eigenvalue weighted by Crippen LogP contribution is 2.65. The summed E-state index contributed by atoms with van der Waals surface area (Å²) in [7, 11) is 0. The van der Waals surface area contributed by atoms with Crippen molar-refractivity contribution < 1.29 is 4.42 Å². The molecule has 2 aliphatic rings. The zero-order chi connectivity index (χ0) is 49.2. The van der Waals surface area contributed by atoms with Gasteiger partial charge in [-0.3, -0.25) is 0 Å². The van der Waals surface area contributed by atoms with Gasteiger partial charge in [0.05, 0.1) is 16.5 Å². The molecule has 2 heteroatoms.